The number of hydrogen-bond acceptors (Lipinski definition) is 4. The second-order valence-electron chi connectivity index (χ2n) is 4.44. The van der Waals surface area contributed by atoms with Crippen molar-refractivity contribution >= 4 is 21.6 Å². The van der Waals surface area contributed by atoms with E-state index in [2.05, 4.69) is 10.2 Å². The maximum atomic E-state index is 13.1. The molecule has 0 aliphatic rings. The van der Waals surface area contributed by atoms with E-state index in [1.54, 1.807) is 13.8 Å². The first-order valence-electron chi connectivity index (χ1n) is 5.65. The Kier molecular flexibility index (Phi) is 3.81. The summed E-state index contributed by atoms with van der Waals surface area (Å²) in [6.45, 7) is 3.50. The van der Waals surface area contributed by atoms with Gasteiger partial charge in [-0.3, -0.25) is 4.57 Å². The van der Waals surface area contributed by atoms with Crippen LogP contribution < -0.4 is 5.14 Å². The number of rotatable bonds is 3. The van der Waals surface area contributed by atoms with Crippen LogP contribution in [-0.4, -0.2) is 23.2 Å². The fourth-order valence-corrected chi connectivity index (χ4v) is 2.77. The molecule has 0 radical (unpaired) electrons. The van der Waals surface area contributed by atoms with Crippen LogP contribution in [0.2, 0.25) is 5.02 Å². The van der Waals surface area contributed by atoms with E-state index in [1.165, 1.54) is 16.7 Å². The van der Waals surface area contributed by atoms with Crippen LogP contribution in [-0.2, 0) is 10.0 Å². The fourth-order valence-electron chi connectivity index (χ4n) is 1.79. The first-order chi connectivity index (χ1) is 9.21. The predicted molar refractivity (Wildman–Crippen MR) is 72.2 cm³/mol. The van der Waals surface area contributed by atoms with Crippen LogP contribution in [0, 0.1) is 5.82 Å². The first kappa shape index (κ1) is 14.9. The summed E-state index contributed by atoms with van der Waals surface area (Å²) in [4.78, 5) is 0. The van der Waals surface area contributed by atoms with E-state index >= 15 is 0 Å². The minimum absolute atomic E-state index is 0.111. The smallest absolute Gasteiger partial charge is 0.273 e. The van der Waals surface area contributed by atoms with Gasteiger partial charge in [0.15, 0.2) is 5.82 Å². The highest BCUT2D eigenvalue weighted by atomic mass is 35.5. The van der Waals surface area contributed by atoms with Crippen molar-refractivity contribution < 1.29 is 12.8 Å². The van der Waals surface area contributed by atoms with Crippen LogP contribution in [0.4, 0.5) is 4.39 Å². The maximum absolute atomic E-state index is 13.1. The summed E-state index contributed by atoms with van der Waals surface area (Å²) in [6, 6.07) is 3.46. The summed E-state index contributed by atoms with van der Waals surface area (Å²) < 4.78 is 37.4. The summed E-state index contributed by atoms with van der Waals surface area (Å²) in [5, 5.41) is 12.3. The van der Waals surface area contributed by atoms with Crippen LogP contribution in [0.25, 0.3) is 11.4 Å². The van der Waals surface area contributed by atoms with Gasteiger partial charge in [0.1, 0.15) is 5.82 Å². The summed E-state index contributed by atoms with van der Waals surface area (Å²) in [6.07, 6.45) is 0. The van der Waals surface area contributed by atoms with Gasteiger partial charge in [-0.1, -0.05) is 11.6 Å². The highest BCUT2D eigenvalue weighted by Crippen LogP contribution is 2.30. The summed E-state index contributed by atoms with van der Waals surface area (Å²) >= 11 is 5.96. The normalized spacial score (nSPS) is 12.1. The maximum Gasteiger partial charge on any atom is 0.273 e. The quantitative estimate of drug-likeness (QED) is 0.936. The van der Waals surface area contributed by atoms with Crippen molar-refractivity contribution in [1.29, 1.82) is 0 Å². The number of aromatic nitrogens is 3. The average Bonchev–Trinajstić information content (AvgIpc) is 2.72. The molecule has 0 amide bonds. The molecular formula is C11H12ClFN4O2S. The molecule has 9 heteroatoms. The zero-order valence-corrected chi connectivity index (χ0v) is 12.3. The molecule has 0 spiro atoms. The molecule has 2 aromatic rings. The van der Waals surface area contributed by atoms with E-state index in [9.17, 15) is 12.8 Å². The van der Waals surface area contributed by atoms with Crippen LogP contribution in [0.15, 0.2) is 23.4 Å². The van der Waals surface area contributed by atoms with Gasteiger partial charge in [-0.15, -0.1) is 10.2 Å². The molecule has 6 nitrogen and oxygen atoms in total. The Morgan fingerprint density at radius 1 is 1.35 bits per heavy atom. The van der Waals surface area contributed by atoms with E-state index in [-0.39, 0.29) is 22.0 Å². The lowest BCUT2D eigenvalue weighted by Crippen LogP contribution is -2.20. The van der Waals surface area contributed by atoms with Gasteiger partial charge in [0.25, 0.3) is 15.2 Å². The largest absolute Gasteiger partial charge is 0.294 e. The van der Waals surface area contributed by atoms with Crippen LogP contribution >= 0.6 is 11.6 Å². The van der Waals surface area contributed by atoms with Gasteiger partial charge in [-0.2, -0.15) is 0 Å². The second-order valence-corrected chi connectivity index (χ2v) is 6.30. The minimum Gasteiger partial charge on any atom is -0.294 e. The molecule has 0 unspecified atom stereocenters. The van der Waals surface area contributed by atoms with Crippen molar-refractivity contribution in [3.8, 4) is 11.4 Å². The lowest BCUT2D eigenvalue weighted by Gasteiger charge is -2.13. The van der Waals surface area contributed by atoms with Crippen LogP contribution in [0.3, 0.4) is 0 Å². The Morgan fingerprint density at radius 3 is 2.50 bits per heavy atom. The van der Waals surface area contributed by atoms with Gasteiger partial charge in [0, 0.05) is 11.6 Å². The molecule has 20 heavy (non-hydrogen) atoms. The zero-order valence-electron chi connectivity index (χ0n) is 10.7. The van der Waals surface area contributed by atoms with Crippen molar-refractivity contribution in [3.63, 3.8) is 0 Å². The van der Waals surface area contributed by atoms with Crippen LogP contribution in [0.1, 0.15) is 19.9 Å². The second kappa shape index (κ2) is 5.12. The van der Waals surface area contributed by atoms with Crippen molar-refractivity contribution in [1.82, 2.24) is 14.8 Å². The van der Waals surface area contributed by atoms with Gasteiger partial charge >= 0.3 is 0 Å². The third-order valence-electron chi connectivity index (χ3n) is 2.61. The first-order valence-corrected chi connectivity index (χ1v) is 7.57. The fraction of sp³-hybridized carbons (Fsp3) is 0.273. The Morgan fingerprint density at radius 2 is 2.00 bits per heavy atom. The van der Waals surface area contributed by atoms with E-state index in [4.69, 9.17) is 16.7 Å². The van der Waals surface area contributed by atoms with Crippen molar-refractivity contribution in [2.45, 2.75) is 25.0 Å². The topological polar surface area (TPSA) is 90.9 Å². The van der Waals surface area contributed by atoms with E-state index in [0.29, 0.717) is 5.56 Å². The molecule has 1 aromatic carbocycles. The summed E-state index contributed by atoms with van der Waals surface area (Å²) in [5.41, 5.74) is 0.379. The molecule has 0 aliphatic carbocycles. The Hall–Kier alpha value is -1.51. The molecule has 0 saturated carbocycles. The third kappa shape index (κ3) is 2.67. The van der Waals surface area contributed by atoms with E-state index in [1.807, 2.05) is 0 Å². The van der Waals surface area contributed by atoms with Crippen molar-refractivity contribution in [3.05, 3.63) is 29.0 Å². The molecule has 0 atom stereocenters. The molecule has 1 aromatic heterocycles. The highest BCUT2D eigenvalue weighted by Gasteiger charge is 2.24. The number of hydrogen-bond donors (Lipinski definition) is 1. The Balaban J connectivity index is 2.73. The Bertz CT molecular complexity index is 758. The molecule has 0 fully saturated rings. The van der Waals surface area contributed by atoms with E-state index < -0.39 is 15.8 Å². The van der Waals surface area contributed by atoms with Crippen molar-refractivity contribution in [2.24, 2.45) is 5.14 Å². The van der Waals surface area contributed by atoms with E-state index in [0.717, 1.165) is 6.07 Å². The molecule has 1 heterocycles. The van der Waals surface area contributed by atoms with Crippen molar-refractivity contribution in [2.75, 3.05) is 0 Å². The number of nitrogens with zero attached hydrogens (tertiary/aromatic N) is 3. The molecule has 0 bridgehead atoms. The van der Waals surface area contributed by atoms with Gasteiger partial charge < -0.3 is 0 Å². The average molecular weight is 319 g/mol. The molecule has 0 saturated heterocycles. The monoisotopic (exact) mass is 318 g/mol. The predicted octanol–water partition coefficient (Wildman–Crippen LogP) is 1.97. The lowest BCUT2D eigenvalue weighted by atomic mass is 10.2. The molecule has 108 valence electrons. The third-order valence-corrected chi connectivity index (χ3v) is 3.71. The van der Waals surface area contributed by atoms with Gasteiger partial charge in [0.05, 0.1) is 5.02 Å². The van der Waals surface area contributed by atoms with Gasteiger partial charge in [0.2, 0.25) is 0 Å². The number of nitrogens with two attached hydrogens (primary N) is 1. The number of halogens is 2. The lowest BCUT2D eigenvalue weighted by molar-refractivity contribution is 0.524. The summed E-state index contributed by atoms with van der Waals surface area (Å²) in [5.74, 6) is -0.282. The SMILES string of the molecule is CC(C)n1c(-c2ccc(F)cc2Cl)nnc1S(N)(=O)=O. The Labute approximate surface area is 120 Å². The number of benzene rings is 1. The zero-order chi connectivity index (χ0) is 15.1. The summed E-state index contributed by atoms with van der Waals surface area (Å²) in [7, 11) is -4.01. The molecular weight excluding hydrogens is 307 g/mol. The van der Waals surface area contributed by atoms with Gasteiger partial charge in [-0.25, -0.2) is 17.9 Å². The molecule has 2 N–H and O–H groups in total. The standard InChI is InChI=1S/C11H12ClFN4O2S/c1-6(2)17-10(15-16-11(17)20(14,18)19)8-4-3-7(13)5-9(8)12/h3-6H,1-2H3,(H2,14,18,19). The number of primary sulfonamides is 1. The van der Waals surface area contributed by atoms with Crippen LogP contribution in [0.5, 0.6) is 0 Å². The number of sulfonamides is 1. The van der Waals surface area contributed by atoms with Gasteiger partial charge in [-0.05, 0) is 32.0 Å². The molecule has 0 aliphatic heterocycles. The molecule has 2 rings (SSSR count). The minimum atomic E-state index is -4.01. The highest BCUT2D eigenvalue weighted by molar-refractivity contribution is 7.89.